The molecular weight excluding hydrogens is 434 g/mol. The number of allylic oxidation sites excluding steroid dienone is 2. The first-order valence-corrected chi connectivity index (χ1v) is 14.1. The smallest absolute Gasteiger partial charge is 0.310 e. The van der Waals surface area contributed by atoms with Crippen LogP contribution in [-0.2, 0) is 16.6 Å². The van der Waals surface area contributed by atoms with Crippen LogP contribution in [0.25, 0.3) is 0 Å². The third-order valence-corrected chi connectivity index (χ3v) is 13.0. The van der Waals surface area contributed by atoms with E-state index in [1.807, 2.05) is 6.20 Å². The number of carboxylic acid groups (broad SMARTS) is 1. The molecule has 0 aliphatic heterocycles. The number of hydrogen-bond acceptors (Lipinski definition) is 3. The Labute approximate surface area is 211 Å². The number of aliphatic carboxylic acids is 1. The minimum Gasteiger partial charge on any atom is -0.481 e. The van der Waals surface area contributed by atoms with E-state index in [-0.39, 0.29) is 33.0 Å². The molecule has 0 spiro atoms. The number of nitrogens with zero attached hydrogens (tertiary/aromatic N) is 1. The fraction of sp³-hybridized carbons (Fsp3) is 0.806. The maximum absolute atomic E-state index is 12.8. The summed E-state index contributed by atoms with van der Waals surface area (Å²) < 4.78 is 5.83. The van der Waals surface area contributed by atoms with Gasteiger partial charge in [-0.2, -0.15) is 0 Å². The minimum absolute atomic E-state index is 0.0104. The Hall–Kier alpha value is -1.58. The van der Waals surface area contributed by atoms with E-state index >= 15 is 0 Å². The van der Waals surface area contributed by atoms with Gasteiger partial charge in [-0.3, -0.25) is 4.79 Å². The van der Waals surface area contributed by atoms with Gasteiger partial charge in [-0.25, -0.2) is 0 Å². The lowest BCUT2D eigenvalue weighted by Gasteiger charge is -2.70. The van der Waals surface area contributed by atoms with E-state index < -0.39 is 11.4 Å². The second-order valence-electron chi connectivity index (χ2n) is 15.3. The van der Waals surface area contributed by atoms with Gasteiger partial charge in [-0.05, 0) is 97.2 Å². The topological polar surface area (TPSA) is 63.3 Å². The summed E-state index contributed by atoms with van der Waals surface area (Å²) in [6.45, 7) is 17.1. The summed E-state index contributed by atoms with van der Waals surface area (Å²) in [7, 11) is 0. The SMILES string of the molecule is CC1(C)CC[C@]2(C(=O)O)CC[C@]3(C)C(=CC[C@@H]4[C@@]5(C)Cc6cnoc6C(C)(C)[C@@H]5CC[C@]43C)C2C1. The van der Waals surface area contributed by atoms with Crippen LogP contribution in [0.3, 0.4) is 0 Å². The predicted molar refractivity (Wildman–Crippen MR) is 137 cm³/mol. The molecular formula is C31H45NO3. The van der Waals surface area contributed by atoms with E-state index in [0.717, 1.165) is 50.7 Å². The predicted octanol–water partition coefficient (Wildman–Crippen LogP) is 7.57. The number of hydrogen-bond donors (Lipinski definition) is 1. The van der Waals surface area contributed by atoms with Crippen LogP contribution in [0.2, 0.25) is 0 Å². The quantitative estimate of drug-likeness (QED) is 0.422. The molecule has 0 radical (unpaired) electrons. The summed E-state index contributed by atoms with van der Waals surface area (Å²) >= 11 is 0. The van der Waals surface area contributed by atoms with Gasteiger partial charge in [-0.1, -0.05) is 65.3 Å². The number of carboxylic acids is 1. The highest BCUT2D eigenvalue weighted by Crippen LogP contribution is 2.75. The molecule has 0 amide bonds. The summed E-state index contributed by atoms with van der Waals surface area (Å²) in [5.74, 6) is 1.90. The lowest BCUT2D eigenvalue weighted by atomic mass is 9.34. The van der Waals surface area contributed by atoms with Gasteiger partial charge in [-0.15, -0.1) is 0 Å². The van der Waals surface area contributed by atoms with Crippen molar-refractivity contribution in [2.24, 2.45) is 44.8 Å². The van der Waals surface area contributed by atoms with Crippen LogP contribution in [0, 0.1) is 44.8 Å². The molecule has 192 valence electrons. The van der Waals surface area contributed by atoms with Crippen LogP contribution in [0.1, 0.15) is 111 Å². The van der Waals surface area contributed by atoms with Gasteiger partial charge < -0.3 is 9.63 Å². The van der Waals surface area contributed by atoms with Crippen LogP contribution < -0.4 is 0 Å². The number of rotatable bonds is 1. The molecule has 4 heteroatoms. The average molecular weight is 480 g/mol. The Bertz CT molecular complexity index is 1110. The lowest BCUT2D eigenvalue weighted by Crippen LogP contribution is -2.64. The summed E-state index contributed by atoms with van der Waals surface area (Å²) in [5, 5.41) is 14.8. The first-order chi connectivity index (χ1) is 16.2. The van der Waals surface area contributed by atoms with Gasteiger partial charge in [0.25, 0.3) is 0 Å². The first kappa shape index (κ1) is 23.8. The Kier molecular flexibility index (Phi) is 4.65. The molecule has 1 aromatic heterocycles. The van der Waals surface area contributed by atoms with E-state index in [2.05, 4.69) is 59.7 Å². The van der Waals surface area contributed by atoms with Gasteiger partial charge in [0, 0.05) is 11.0 Å². The van der Waals surface area contributed by atoms with Crippen molar-refractivity contribution in [3.8, 4) is 0 Å². The maximum atomic E-state index is 12.8. The van der Waals surface area contributed by atoms with E-state index in [1.54, 1.807) is 0 Å². The zero-order valence-electron chi connectivity index (χ0n) is 23.0. The molecule has 35 heavy (non-hydrogen) atoms. The maximum Gasteiger partial charge on any atom is 0.310 e. The summed E-state index contributed by atoms with van der Waals surface area (Å²) in [6, 6.07) is 0. The highest BCUT2D eigenvalue weighted by Gasteiger charge is 2.69. The van der Waals surface area contributed by atoms with Crippen molar-refractivity contribution in [3.63, 3.8) is 0 Å². The second-order valence-corrected chi connectivity index (χ2v) is 15.3. The minimum atomic E-state index is -0.560. The van der Waals surface area contributed by atoms with E-state index in [4.69, 9.17) is 4.52 Å². The first-order valence-electron chi connectivity index (χ1n) is 14.1. The van der Waals surface area contributed by atoms with E-state index in [1.165, 1.54) is 24.0 Å². The summed E-state index contributed by atoms with van der Waals surface area (Å²) in [4.78, 5) is 12.8. The monoisotopic (exact) mass is 479 g/mol. The van der Waals surface area contributed by atoms with Crippen LogP contribution in [-0.4, -0.2) is 16.2 Å². The molecule has 1 heterocycles. The normalized spacial score (nSPS) is 47.3. The Morgan fingerprint density at radius 3 is 2.43 bits per heavy atom. The molecule has 0 saturated heterocycles. The molecule has 3 fully saturated rings. The van der Waals surface area contributed by atoms with Gasteiger partial charge >= 0.3 is 5.97 Å². The van der Waals surface area contributed by atoms with Crippen LogP contribution in [0.15, 0.2) is 22.4 Å². The molecule has 0 aromatic carbocycles. The van der Waals surface area contributed by atoms with Gasteiger partial charge in [0.1, 0.15) is 5.76 Å². The van der Waals surface area contributed by atoms with Gasteiger partial charge in [0.2, 0.25) is 0 Å². The fourth-order valence-corrected chi connectivity index (χ4v) is 10.9. The second kappa shape index (κ2) is 6.84. The molecule has 6 rings (SSSR count). The number of aromatic nitrogens is 1. The van der Waals surface area contributed by atoms with Crippen LogP contribution in [0.5, 0.6) is 0 Å². The van der Waals surface area contributed by atoms with Crippen LogP contribution >= 0.6 is 0 Å². The van der Waals surface area contributed by atoms with E-state index in [9.17, 15) is 9.90 Å². The van der Waals surface area contributed by atoms with Crippen LogP contribution in [0.4, 0.5) is 0 Å². The molecule has 5 aliphatic rings. The Morgan fingerprint density at radius 2 is 1.71 bits per heavy atom. The largest absolute Gasteiger partial charge is 0.481 e. The van der Waals surface area contributed by atoms with Crippen molar-refractivity contribution in [1.29, 1.82) is 0 Å². The van der Waals surface area contributed by atoms with Gasteiger partial charge in [0.15, 0.2) is 0 Å². The van der Waals surface area contributed by atoms with Crippen molar-refractivity contribution in [1.82, 2.24) is 5.16 Å². The Morgan fingerprint density at radius 1 is 1.00 bits per heavy atom. The lowest BCUT2D eigenvalue weighted by molar-refractivity contribution is -0.177. The summed E-state index contributed by atoms with van der Waals surface area (Å²) in [5.41, 5.74) is 2.90. The third-order valence-electron chi connectivity index (χ3n) is 13.0. The molecule has 4 nitrogen and oxygen atoms in total. The third kappa shape index (κ3) is 2.75. The molecule has 1 N–H and O–H groups in total. The zero-order valence-corrected chi connectivity index (χ0v) is 23.0. The molecule has 3 saturated carbocycles. The van der Waals surface area contributed by atoms with E-state index in [0.29, 0.717) is 11.8 Å². The molecule has 7 atom stereocenters. The molecule has 5 aliphatic carbocycles. The molecule has 1 aromatic rings. The number of carbonyl (C=O) groups is 1. The molecule has 1 unspecified atom stereocenters. The fourth-order valence-electron chi connectivity index (χ4n) is 10.9. The van der Waals surface area contributed by atoms with Crippen molar-refractivity contribution in [2.45, 2.75) is 112 Å². The highest BCUT2D eigenvalue weighted by molar-refractivity contribution is 5.76. The van der Waals surface area contributed by atoms with Crippen molar-refractivity contribution in [3.05, 3.63) is 29.2 Å². The number of fused-ring (bicyclic) bond motifs is 8. The summed E-state index contributed by atoms with van der Waals surface area (Å²) in [6.07, 6.45) is 13.8. The highest BCUT2D eigenvalue weighted by atomic mass is 16.5. The zero-order chi connectivity index (χ0) is 25.2. The van der Waals surface area contributed by atoms with Crippen molar-refractivity contribution >= 4 is 5.97 Å². The Balaban J connectivity index is 1.47. The van der Waals surface area contributed by atoms with Crippen molar-refractivity contribution in [2.75, 3.05) is 0 Å². The molecule has 0 bridgehead atoms. The van der Waals surface area contributed by atoms with Gasteiger partial charge in [0.05, 0.1) is 11.6 Å². The van der Waals surface area contributed by atoms with Crippen molar-refractivity contribution < 1.29 is 14.4 Å². The standard InChI is InChI=1S/C31H45NO3/c1-26(2)12-14-31(25(33)34)15-13-29(6)20(21(31)17-26)8-9-23-28(5)16-19-18-32-35-24(19)27(3,4)22(28)10-11-30(23,29)7/h8,18,21-23H,9-17H2,1-7H3,(H,33,34)/t21?,22-,23+,28-,29+,30+,31-/m0/s1. The average Bonchev–Trinajstić information content (AvgIpc) is 3.22.